The zero-order valence-corrected chi connectivity index (χ0v) is 20.4. The average Bonchev–Trinajstić information content (AvgIpc) is 3.28. The third-order valence-corrected chi connectivity index (χ3v) is 8.34. The fourth-order valence-electron chi connectivity index (χ4n) is 4.04. The Morgan fingerprint density at radius 3 is 2.42 bits per heavy atom. The maximum absolute atomic E-state index is 13.4. The number of hydrogen-bond acceptors (Lipinski definition) is 3. The highest BCUT2D eigenvalue weighted by molar-refractivity contribution is 7.92. The third-order valence-electron chi connectivity index (χ3n) is 5.81. The summed E-state index contributed by atoms with van der Waals surface area (Å²) in [6, 6.07) is 18.5. The molecule has 3 aromatic rings. The van der Waals surface area contributed by atoms with Crippen LogP contribution in [-0.2, 0) is 27.7 Å². The standard InChI is InChI=1S/C25H24Cl2N2O3S/c1-17(19-11-10-18-6-5-7-20(18)14-19)28-25(30)16-29(21-12-13-23(26)24(27)15-21)33(31,32)22-8-3-2-4-9-22/h2-4,8-15,17H,5-7,16H2,1H3,(H,28,30). The van der Waals surface area contributed by atoms with E-state index in [-0.39, 0.29) is 21.6 Å². The van der Waals surface area contributed by atoms with Crippen LogP contribution in [0.15, 0.2) is 71.6 Å². The van der Waals surface area contributed by atoms with Gasteiger partial charge in [-0.3, -0.25) is 9.10 Å². The van der Waals surface area contributed by atoms with E-state index in [0.717, 1.165) is 29.1 Å². The van der Waals surface area contributed by atoms with Crippen LogP contribution in [0.25, 0.3) is 0 Å². The van der Waals surface area contributed by atoms with Crippen LogP contribution in [0.1, 0.15) is 36.1 Å². The van der Waals surface area contributed by atoms with Gasteiger partial charge in [0.1, 0.15) is 6.54 Å². The number of fused-ring (bicyclic) bond motifs is 1. The molecule has 1 amide bonds. The Bertz CT molecular complexity index is 1280. The van der Waals surface area contributed by atoms with E-state index in [1.165, 1.54) is 41.5 Å². The number of rotatable bonds is 7. The van der Waals surface area contributed by atoms with Gasteiger partial charge in [0.05, 0.1) is 26.7 Å². The molecule has 4 rings (SSSR count). The molecule has 0 aromatic heterocycles. The highest BCUT2D eigenvalue weighted by atomic mass is 35.5. The van der Waals surface area contributed by atoms with Crippen LogP contribution in [0.3, 0.4) is 0 Å². The van der Waals surface area contributed by atoms with Gasteiger partial charge in [-0.25, -0.2) is 8.42 Å². The lowest BCUT2D eigenvalue weighted by molar-refractivity contribution is -0.120. The first kappa shape index (κ1) is 23.6. The smallest absolute Gasteiger partial charge is 0.264 e. The number of sulfonamides is 1. The molecule has 1 aliphatic carbocycles. The minimum absolute atomic E-state index is 0.0792. The quantitative estimate of drug-likeness (QED) is 0.460. The van der Waals surface area contributed by atoms with Gasteiger partial charge >= 0.3 is 0 Å². The highest BCUT2D eigenvalue weighted by Gasteiger charge is 2.28. The van der Waals surface area contributed by atoms with Gasteiger partial charge in [-0.05, 0) is 73.2 Å². The molecule has 0 aliphatic heterocycles. The zero-order valence-electron chi connectivity index (χ0n) is 18.1. The van der Waals surface area contributed by atoms with E-state index in [9.17, 15) is 13.2 Å². The van der Waals surface area contributed by atoms with Crippen molar-refractivity contribution in [2.24, 2.45) is 0 Å². The van der Waals surface area contributed by atoms with E-state index in [4.69, 9.17) is 23.2 Å². The Balaban J connectivity index is 1.59. The monoisotopic (exact) mass is 502 g/mol. The molecule has 3 aromatic carbocycles. The molecule has 0 radical (unpaired) electrons. The summed E-state index contributed by atoms with van der Waals surface area (Å²) in [5.41, 5.74) is 3.93. The number of benzene rings is 3. The molecule has 1 unspecified atom stereocenters. The lowest BCUT2D eigenvalue weighted by atomic mass is 10.0. The van der Waals surface area contributed by atoms with Crippen molar-refractivity contribution in [2.45, 2.75) is 37.1 Å². The average molecular weight is 503 g/mol. The molecule has 1 N–H and O–H groups in total. The molecule has 0 saturated carbocycles. The topological polar surface area (TPSA) is 66.5 Å². The van der Waals surface area contributed by atoms with Crippen molar-refractivity contribution in [1.29, 1.82) is 0 Å². The van der Waals surface area contributed by atoms with Gasteiger partial charge in [0.25, 0.3) is 10.0 Å². The van der Waals surface area contributed by atoms with E-state index in [2.05, 4.69) is 17.4 Å². The van der Waals surface area contributed by atoms with E-state index in [0.29, 0.717) is 5.02 Å². The first-order valence-corrected chi connectivity index (χ1v) is 12.9. The number of carbonyl (C=O) groups is 1. The lowest BCUT2D eigenvalue weighted by Crippen LogP contribution is -2.41. The molecular weight excluding hydrogens is 479 g/mol. The molecule has 33 heavy (non-hydrogen) atoms. The fraction of sp³-hybridized carbons (Fsp3) is 0.240. The van der Waals surface area contributed by atoms with Crippen molar-refractivity contribution >= 4 is 44.8 Å². The minimum Gasteiger partial charge on any atom is -0.348 e. The summed E-state index contributed by atoms with van der Waals surface area (Å²) in [4.78, 5) is 13.1. The van der Waals surface area contributed by atoms with Gasteiger partial charge in [-0.15, -0.1) is 0 Å². The van der Waals surface area contributed by atoms with Gasteiger partial charge in [0, 0.05) is 0 Å². The fourth-order valence-corrected chi connectivity index (χ4v) is 5.76. The molecule has 0 spiro atoms. The van der Waals surface area contributed by atoms with E-state index in [1.807, 2.05) is 13.0 Å². The van der Waals surface area contributed by atoms with E-state index >= 15 is 0 Å². The maximum atomic E-state index is 13.4. The van der Waals surface area contributed by atoms with Gasteiger partial charge in [0.2, 0.25) is 5.91 Å². The second-order valence-corrected chi connectivity index (χ2v) is 10.8. The molecule has 1 aliphatic rings. The Morgan fingerprint density at radius 2 is 1.70 bits per heavy atom. The number of aryl methyl sites for hydroxylation is 2. The predicted octanol–water partition coefficient (Wildman–Crippen LogP) is 5.55. The van der Waals surface area contributed by atoms with E-state index in [1.54, 1.807) is 18.2 Å². The molecular formula is C25H24Cl2N2O3S. The van der Waals surface area contributed by atoms with Crippen molar-refractivity contribution in [3.05, 3.63) is 93.5 Å². The Hall–Kier alpha value is -2.54. The van der Waals surface area contributed by atoms with Gasteiger partial charge in [-0.1, -0.05) is 59.6 Å². The molecule has 5 nitrogen and oxygen atoms in total. The normalized spacial score (nSPS) is 13.9. The summed E-state index contributed by atoms with van der Waals surface area (Å²) in [5.74, 6) is -0.423. The minimum atomic E-state index is -4.02. The Kier molecular flexibility index (Phi) is 6.98. The summed E-state index contributed by atoms with van der Waals surface area (Å²) < 4.78 is 27.9. The molecule has 172 valence electrons. The van der Waals surface area contributed by atoms with Crippen molar-refractivity contribution in [3.63, 3.8) is 0 Å². The second-order valence-electron chi connectivity index (χ2n) is 8.09. The molecule has 0 saturated heterocycles. The highest BCUT2D eigenvalue weighted by Crippen LogP contribution is 2.31. The summed E-state index contributed by atoms with van der Waals surface area (Å²) in [5, 5.41) is 3.43. The molecule has 0 bridgehead atoms. The zero-order chi connectivity index (χ0) is 23.6. The molecule has 8 heteroatoms. The Morgan fingerprint density at radius 1 is 0.970 bits per heavy atom. The van der Waals surface area contributed by atoms with Crippen LogP contribution in [0.2, 0.25) is 10.0 Å². The van der Waals surface area contributed by atoms with Crippen molar-refractivity contribution in [2.75, 3.05) is 10.8 Å². The summed E-state index contributed by atoms with van der Waals surface area (Å²) in [7, 11) is -4.02. The van der Waals surface area contributed by atoms with Crippen molar-refractivity contribution < 1.29 is 13.2 Å². The Labute approximate surface area is 204 Å². The molecule has 1 atom stereocenters. The van der Waals surface area contributed by atoms with Crippen LogP contribution in [0.4, 0.5) is 5.69 Å². The number of nitrogens with one attached hydrogen (secondary N) is 1. The first-order chi connectivity index (χ1) is 15.8. The van der Waals surface area contributed by atoms with Crippen LogP contribution >= 0.6 is 23.2 Å². The molecule has 0 fully saturated rings. The van der Waals surface area contributed by atoms with Crippen molar-refractivity contribution in [3.8, 4) is 0 Å². The summed E-state index contributed by atoms with van der Waals surface area (Å²) >= 11 is 12.2. The largest absolute Gasteiger partial charge is 0.348 e. The predicted molar refractivity (Wildman–Crippen MR) is 132 cm³/mol. The van der Waals surface area contributed by atoms with Crippen molar-refractivity contribution in [1.82, 2.24) is 5.32 Å². The number of carbonyl (C=O) groups excluding carboxylic acids is 1. The van der Waals surface area contributed by atoms with Crippen LogP contribution in [-0.4, -0.2) is 20.9 Å². The maximum Gasteiger partial charge on any atom is 0.264 e. The van der Waals surface area contributed by atoms with Crippen LogP contribution in [0.5, 0.6) is 0 Å². The number of amides is 1. The van der Waals surface area contributed by atoms with Gasteiger partial charge < -0.3 is 5.32 Å². The molecule has 0 heterocycles. The van der Waals surface area contributed by atoms with Gasteiger partial charge in [0.15, 0.2) is 0 Å². The summed E-state index contributed by atoms with van der Waals surface area (Å²) in [6.07, 6.45) is 3.28. The number of nitrogens with zero attached hydrogens (tertiary/aromatic N) is 1. The second kappa shape index (κ2) is 9.75. The number of hydrogen-bond donors (Lipinski definition) is 1. The lowest BCUT2D eigenvalue weighted by Gasteiger charge is -2.25. The van der Waals surface area contributed by atoms with E-state index < -0.39 is 22.5 Å². The number of anilines is 1. The third kappa shape index (κ3) is 5.18. The van der Waals surface area contributed by atoms with Gasteiger partial charge in [-0.2, -0.15) is 0 Å². The van der Waals surface area contributed by atoms with Crippen LogP contribution in [0, 0.1) is 0 Å². The SMILES string of the molecule is CC(NC(=O)CN(c1ccc(Cl)c(Cl)c1)S(=O)(=O)c1ccccc1)c1ccc2c(c1)CCC2. The first-order valence-electron chi connectivity index (χ1n) is 10.7. The number of halogens is 2. The van der Waals surface area contributed by atoms with Crippen LogP contribution < -0.4 is 9.62 Å². The summed E-state index contributed by atoms with van der Waals surface area (Å²) in [6.45, 7) is 1.49.